The second kappa shape index (κ2) is 19.9. The Hall–Kier alpha value is -1.18. The molecule has 2 saturated heterocycles. The van der Waals surface area contributed by atoms with Gasteiger partial charge in [-0.05, 0) is 120 Å². The lowest BCUT2D eigenvalue weighted by molar-refractivity contribution is -0.163. The summed E-state index contributed by atoms with van der Waals surface area (Å²) in [6.45, 7) is 5.05. The van der Waals surface area contributed by atoms with E-state index in [4.69, 9.17) is 28.4 Å². The maximum Gasteiger partial charge on any atom is 0.157 e. The van der Waals surface area contributed by atoms with Crippen LogP contribution in [0.3, 0.4) is 0 Å². The van der Waals surface area contributed by atoms with Crippen LogP contribution in [0.25, 0.3) is 0 Å². The molecule has 0 N–H and O–H groups in total. The molecule has 6 heteroatoms. The molecule has 1 aromatic rings. The van der Waals surface area contributed by atoms with Crippen LogP contribution in [0, 0.1) is 0 Å². The molecule has 0 spiro atoms. The molecule has 4 rings (SSSR count). The minimum Gasteiger partial charge on any atom is -0.494 e. The minimum atomic E-state index is 0.0433. The first-order chi connectivity index (χ1) is 19.9. The molecule has 1 saturated carbocycles. The standard InChI is InChI=1S/C34H56O6/c1(3-9-25-37-33-13-5-11-27-39-33)7-23-35-31-19-15-29(16-20-31)30-17-21-32(22-18-30)36-24-8-2-4-10-26-38-34-14-6-12-28-40-34/h15-16,19-20,30,32-34H,1-14,17-18,21-28H2. The molecule has 1 aromatic carbocycles. The molecular formula is C34H56O6. The molecule has 6 nitrogen and oxygen atoms in total. The van der Waals surface area contributed by atoms with Gasteiger partial charge >= 0.3 is 0 Å². The first-order valence-electron chi connectivity index (χ1n) is 16.7. The summed E-state index contributed by atoms with van der Waals surface area (Å²) in [5.74, 6) is 1.65. The Labute approximate surface area is 243 Å². The van der Waals surface area contributed by atoms with Gasteiger partial charge in [-0.25, -0.2) is 0 Å². The van der Waals surface area contributed by atoms with Gasteiger partial charge in [-0.2, -0.15) is 0 Å². The average Bonchev–Trinajstić information content (AvgIpc) is 3.01. The minimum absolute atomic E-state index is 0.0433. The Kier molecular flexibility index (Phi) is 15.8. The van der Waals surface area contributed by atoms with Gasteiger partial charge in [-0.15, -0.1) is 0 Å². The van der Waals surface area contributed by atoms with E-state index in [2.05, 4.69) is 24.3 Å². The van der Waals surface area contributed by atoms with Crippen molar-refractivity contribution in [2.75, 3.05) is 39.6 Å². The van der Waals surface area contributed by atoms with E-state index in [1.165, 1.54) is 82.6 Å². The Bertz CT molecular complexity index is 735. The van der Waals surface area contributed by atoms with Gasteiger partial charge in [0.05, 0.1) is 12.7 Å². The summed E-state index contributed by atoms with van der Waals surface area (Å²) in [5.41, 5.74) is 1.45. The van der Waals surface area contributed by atoms with Crippen molar-refractivity contribution in [2.24, 2.45) is 0 Å². The molecule has 3 aliphatic rings. The average molecular weight is 561 g/mol. The largest absolute Gasteiger partial charge is 0.494 e. The topological polar surface area (TPSA) is 55.4 Å². The zero-order chi connectivity index (χ0) is 27.5. The highest BCUT2D eigenvalue weighted by Gasteiger charge is 2.23. The van der Waals surface area contributed by atoms with Crippen molar-refractivity contribution in [3.05, 3.63) is 29.8 Å². The third-order valence-corrected chi connectivity index (χ3v) is 8.61. The van der Waals surface area contributed by atoms with E-state index in [0.717, 1.165) is 83.9 Å². The number of benzene rings is 1. The Morgan fingerprint density at radius 3 is 1.57 bits per heavy atom. The second-order valence-electron chi connectivity index (χ2n) is 11.9. The number of ether oxygens (including phenoxy) is 6. The van der Waals surface area contributed by atoms with E-state index in [1.54, 1.807) is 0 Å². The third-order valence-electron chi connectivity index (χ3n) is 8.61. The Morgan fingerprint density at radius 2 is 1.05 bits per heavy atom. The normalized spacial score (nSPS) is 25.6. The van der Waals surface area contributed by atoms with Crippen molar-refractivity contribution < 1.29 is 28.4 Å². The molecule has 40 heavy (non-hydrogen) atoms. The smallest absolute Gasteiger partial charge is 0.157 e. The van der Waals surface area contributed by atoms with E-state index in [9.17, 15) is 0 Å². The summed E-state index contributed by atoms with van der Waals surface area (Å²) in [5, 5.41) is 0. The van der Waals surface area contributed by atoms with Crippen LogP contribution in [-0.2, 0) is 23.7 Å². The lowest BCUT2D eigenvalue weighted by Gasteiger charge is -2.29. The first-order valence-corrected chi connectivity index (χ1v) is 16.7. The highest BCUT2D eigenvalue weighted by molar-refractivity contribution is 5.29. The van der Waals surface area contributed by atoms with Crippen molar-refractivity contribution in [2.45, 2.75) is 140 Å². The molecule has 2 unspecified atom stereocenters. The van der Waals surface area contributed by atoms with Crippen LogP contribution in [0.5, 0.6) is 5.75 Å². The fourth-order valence-corrected chi connectivity index (χ4v) is 6.07. The van der Waals surface area contributed by atoms with Gasteiger partial charge in [0.15, 0.2) is 12.6 Å². The molecule has 3 fully saturated rings. The molecule has 0 bridgehead atoms. The van der Waals surface area contributed by atoms with Crippen molar-refractivity contribution >= 4 is 0 Å². The van der Waals surface area contributed by atoms with Crippen LogP contribution in [-0.4, -0.2) is 58.3 Å². The monoisotopic (exact) mass is 560 g/mol. The molecule has 0 aromatic heterocycles. The van der Waals surface area contributed by atoms with Crippen LogP contribution in [0.2, 0.25) is 0 Å². The summed E-state index contributed by atoms with van der Waals surface area (Å²) in [7, 11) is 0. The second-order valence-corrected chi connectivity index (χ2v) is 11.9. The lowest BCUT2D eigenvalue weighted by Crippen LogP contribution is -2.22. The van der Waals surface area contributed by atoms with E-state index in [1.807, 2.05) is 0 Å². The van der Waals surface area contributed by atoms with Crippen molar-refractivity contribution in [1.29, 1.82) is 0 Å². The fraction of sp³-hybridized carbons (Fsp3) is 0.824. The number of hydrogen-bond donors (Lipinski definition) is 0. The molecule has 1 aliphatic carbocycles. The summed E-state index contributed by atoms with van der Waals surface area (Å²) in [6.07, 6.45) is 21.6. The maximum absolute atomic E-state index is 6.22. The van der Waals surface area contributed by atoms with Crippen molar-refractivity contribution in [3.8, 4) is 5.75 Å². The van der Waals surface area contributed by atoms with Crippen LogP contribution in [0.1, 0.15) is 127 Å². The number of unbranched alkanes of at least 4 members (excludes halogenated alkanes) is 6. The first kappa shape index (κ1) is 31.7. The van der Waals surface area contributed by atoms with Gasteiger partial charge in [0, 0.05) is 33.0 Å². The van der Waals surface area contributed by atoms with Crippen molar-refractivity contribution in [1.82, 2.24) is 0 Å². The summed E-state index contributed by atoms with van der Waals surface area (Å²) < 4.78 is 35.1. The predicted molar refractivity (Wildman–Crippen MR) is 159 cm³/mol. The van der Waals surface area contributed by atoms with Gasteiger partial charge in [-0.3, -0.25) is 0 Å². The predicted octanol–water partition coefficient (Wildman–Crippen LogP) is 8.32. The molecule has 2 atom stereocenters. The summed E-state index contributed by atoms with van der Waals surface area (Å²) in [6, 6.07) is 8.86. The van der Waals surface area contributed by atoms with Gasteiger partial charge in [-0.1, -0.05) is 31.4 Å². The van der Waals surface area contributed by atoms with Gasteiger partial charge < -0.3 is 28.4 Å². The highest BCUT2D eigenvalue weighted by atomic mass is 16.7. The highest BCUT2D eigenvalue weighted by Crippen LogP contribution is 2.34. The van der Waals surface area contributed by atoms with E-state index < -0.39 is 0 Å². The van der Waals surface area contributed by atoms with Crippen LogP contribution in [0.15, 0.2) is 24.3 Å². The van der Waals surface area contributed by atoms with Gasteiger partial charge in [0.25, 0.3) is 0 Å². The van der Waals surface area contributed by atoms with Gasteiger partial charge in [0.2, 0.25) is 0 Å². The summed E-state index contributed by atoms with van der Waals surface area (Å²) in [4.78, 5) is 0. The molecule has 228 valence electrons. The van der Waals surface area contributed by atoms with E-state index in [-0.39, 0.29) is 12.6 Å². The molecule has 0 radical (unpaired) electrons. The molecule has 0 amide bonds. The maximum atomic E-state index is 6.22. The number of rotatable bonds is 19. The van der Waals surface area contributed by atoms with Crippen LogP contribution in [0.4, 0.5) is 0 Å². The Morgan fingerprint density at radius 1 is 0.525 bits per heavy atom. The van der Waals surface area contributed by atoms with Crippen molar-refractivity contribution in [3.63, 3.8) is 0 Å². The molecule has 2 aliphatic heterocycles. The zero-order valence-electron chi connectivity index (χ0n) is 25.0. The quantitative estimate of drug-likeness (QED) is 0.159. The van der Waals surface area contributed by atoms with Crippen LogP contribution >= 0.6 is 0 Å². The molecule has 2 heterocycles. The zero-order valence-corrected chi connectivity index (χ0v) is 25.0. The van der Waals surface area contributed by atoms with E-state index in [0.29, 0.717) is 12.0 Å². The van der Waals surface area contributed by atoms with Gasteiger partial charge in [0.1, 0.15) is 5.75 Å². The molecular weight excluding hydrogens is 504 g/mol. The number of hydrogen-bond acceptors (Lipinski definition) is 6. The van der Waals surface area contributed by atoms with Crippen LogP contribution < -0.4 is 4.74 Å². The SMILES string of the molecule is c1cc(C2CCC(OCCCCCCOC3CCCCO3)CC2)ccc1OCCCCCCOC1CCCCO1. The lowest BCUT2D eigenvalue weighted by atomic mass is 9.83. The third kappa shape index (κ3) is 12.8. The fourth-order valence-electron chi connectivity index (χ4n) is 6.07. The summed E-state index contributed by atoms with van der Waals surface area (Å²) >= 11 is 0. The Balaban J connectivity index is 0.949. The van der Waals surface area contributed by atoms with E-state index >= 15 is 0 Å².